The fourth-order valence-electron chi connectivity index (χ4n) is 9.71. The monoisotopic (exact) mass is 756 g/mol. The third kappa shape index (κ3) is 6.12. The average molecular weight is 757 g/mol. The molecule has 56 heavy (non-hydrogen) atoms. The molecular formula is C43H44N6O7. The number of benzene rings is 3. The molecule has 0 aromatic heterocycles. The molecule has 3 aromatic carbocycles. The number of hydrogen-bond donors (Lipinski definition) is 2. The summed E-state index contributed by atoms with van der Waals surface area (Å²) in [6.07, 6.45) is 0.668. The van der Waals surface area contributed by atoms with Gasteiger partial charge in [0.15, 0.2) is 0 Å². The minimum absolute atomic E-state index is 0.0524. The predicted molar refractivity (Wildman–Crippen MR) is 202 cm³/mol. The maximum Gasteiger partial charge on any atom is 0.262 e. The number of nitrogens with zero attached hydrogens (tertiary/aromatic N) is 4. The van der Waals surface area contributed by atoms with Crippen molar-refractivity contribution in [2.45, 2.75) is 91.7 Å². The molecule has 6 amide bonds. The van der Waals surface area contributed by atoms with Crippen LogP contribution in [0.15, 0.2) is 48.5 Å². The van der Waals surface area contributed by atoms with E-state index in [1.54, 1.807) is 23.1 Å². The van der Waals surface area contributed by atoms with Crippen LogP contribution >= 0.6 is 0 Å². The highest BCUT2D eigenvalue weighted by Crippen LogP contribution is 2.55. The van der Waals surface area contributed by atoms with Gasteiger partial charge in [-0.15, -0.1) is 0 Å². The summed E-state index contributed by atoms with van der Waals surface area (Å²) < 4.78 is 6.45. The first-order valence-electron chi connectivity index (χ1n) is 19.0. The summed E-state index contributed by atoms with van der Waals surface area (Å²) in [6, 6.07) is 15.6. The fourth-order valence-corrected chi connectivity index (χ4v) is 9.71. The maximum atomic E-state index is 13.6. The zero-order valence-corrected chi connectivity index (χ0v) is 32.2. The van der Waals surface area contributed by atoms with Crippen molar-refractivity contribution in [2.24, 2.45) is 10.8 Å². The summed E-state index contributed by atoms with van der Waals surface area (Å²) in [5.41, 5.74) is 5.49. The molecule has 1 atom stereocenters. The van der Waals surface area contributed by atoms with Crippen molar-refractivity contribution in [3.8, 4) is 11.8 Å². The minimum atomic E-state index is -1.03. The molecule has 13 nitrogen and oxygen atoms in total. The summed E-state index contributed by atoms with van der Waals surface area (Å²) in [5, 5.41) is 14.8. The van der Waals surface area contributed by atoms with E-state index < -0.39 is 29.7 Å². The van der Waals surface area contributed by atoms with Crippen molar-refractivity contribution in [2.75, 3.05) is 13.1 Å². The number of carbonyl (C=O) groups is 6. The molecule has 3 aromatic rings. The highest BCUT2D eigenvalue weighted by atomic mass is 16.5. The number of fused-ring (bicyclic) bond motifs is 3. The van der Waals surface area contributed by atoms with Crippen molar-refractivity contribution in [3.63, 3.8) is 0 Å². The van der Waals surface area contributed by atoms with Crippen LogP contribution in [-0.2, 0) is 40.4 Å². The van der Waals surface area contributed by atoms with Crippen LogP contribution in [0.2, 0.25) is 0 Å². The van der Waals surface area contributed by atoms with E-state index in [0.29, 0.717) is 49.5 Å². The Morgan fingerprint density at radius 1 is 0.875 bits per heavy atom. The van der Waals surface area contributed by atoms with E-state index in [0.717, 1.165) is 32.7 Å². The van der Waals surface area contributed by atoms with Gasteiger partial charge in [-0.2, -0.15) is 5.26 Å². The van der Waals surface area contributed by atoms with Crippen LogP contribution in [0.4, 0.5) is 0 Å². The lowest BCUT2D eigenvalue weighted by Gasteiger charge is -2.63. The second kappa shape index (κ2) is 13.4. The van der Waals surface area contributed by atoms with Gasteiger partial charge in [0.2, 0.25) is 17.7 Å². The Morgan fingerprint density at radius 3 is 2.18 bits per heavy atom. The fraction of sp³-hybridized carbons (Fsp3) is 0.419. The summed E-state index contributed by atoms with van der Waals surface area (Å²) in [4.78, 5) is 82.6. The van der Waals surface area contributed by atoms with Crippen LogP contribution in [0, 0.1) is 29.1 Å². The molecule has 0 spiro atoms. The molecule has 1 saturated heterocycles. The van der Waals surface area contributed by atoms with E-state index in [1.807, 2.05) is 37.3 Å². The second-order valence-corrected chi connectivity index (χ2v) is 16.9. The molecule has 1 saturated carbocycles. The lowest BCUT2D eigenvalue weighted by atomic mass is 9.49. The van der Waals surface area contributed by atoms with Crippen LogP contribution in [0.3, 0.4) is 0 Å². The van der Waals surface area contributed by atoms with Crippen LogP contribution in [0.1, 0.15) is 105 Å². The molecule has 8 rings (SSSR count). The van der Waals surface area contributed by atoms with Crippen molar-refractivity contribution >= 4 is 35.4 Å². The lowest BCUT2D eigenvalue weighted by molar-refractivity contribution is -0.164. The van der Waals surface area contributed by atoms with E-state index in [2.05, 4.69) is 49.3 Å². The normalized spacial score (nSPS) is 23.4. The van der Waals surface area contributed by atoms with Gasteiger partial charge in [-0.1, -0.05) is 33.8 Å². The number of rotatable bonds is 7. The number of piperidine rings is 1. The van der Waals surface area contributed by atoms with E-state index >= 15 is 0 Å². The molecule has 4 aliphatic heterocycles. The molecule has 5 aliphatic rings. The predicted octanol–water partition coefficient (Wildman–Crippen LogP) is 3.78. The third-order valence-electron chi connectivity index (χ3n) is 12.4. The second-order valence-electron chi connectivity index (χ2n) is 16.9. The average Bonchev–Trinajstić information content (AvgIpc) is 3.69. The Labute approximate surface area is 324 Å². The summed E-state index contributed by atoms with van der Waals surface area (Å²) in [6.45, 7) is 12.3. The maximum absolute atomic E-state index is 13.6. The first-order chi connectivity index (χ1) is 26.6. The van der Waals surface area contributed by atoms with Crippen LogP contribution in [-0.4, -0.2) is 81.4 Å². The Bertz CT molecular complexity index is 2250. The van der Waals surface area contributed by atoms with Gasteiger partial charge in [0.05, 0.1) is 29.3 Å². The first kappa shape index (κ1) is 37.1. The number of nitrogens with one attached hydrogen (secondary N) is 2. The molecular weight excluding hydrogens is 713 g/mol. The molecule has 2 fully saturated rings. The molecule has 4 heterocycles. The smallest absolute Gasteiger partial charge is 0.262 e. The summed E-state index contributed by atoms with van der Waals surface area (Å²) in [7, 11) is 0. The molecule has 2 N–H and O–H groups in total. The number of ether oxygens (including phenoxy) is 1. The third-order valence-corrected chi connectivity index (χ3v) is 12.4. The van der Waals surface area contributed by atoms with E-state index in [4.69, 9.17) is 4.74 Å². The number of amides is 6. The van der Waals surface area contributed by atoms with E-state index in [1.165, 1.54) is 0 Å². The van der Waals surface area contributed by atoms with Gasteiger partial charge in [-0.05, 0) is 90.0 Å². The van der Waals surface area contributed by atoms with Gasteiger partial charge in [0.1, 0.15) is 17.9 Å². The van der Waals surface area contributed by atoms with Crippen molar-refractivity contribution < 1.29 is 33.5 Å². The Balaban J connectivity index is 0.864. The zero-order chi connectivity index (χ0) is 39.8. The van der Waals surface area contributed by atoms with Crippen molar-refractivity contribution in [3.05, 3.63) is 98.6 Å². The molecule has 1 aliphatic carbocycles. The lowest BCUT2D eigenvalue weighted by Crippen LogP contribution is -2.74. The van der Waals surface area contributed by atoms with Gasteiger partial charge in [-0.3, -0.25) is 43.9 Å². The van der Waals surface area contributed by atoms with Crippen LogP contribution in [0.5, 0.6) is 5.75 Å². The van der Waals surface area contributed by atoms with Crippen LogP contribution < -0.4 is 15.4 Å². The zero-order valence-electron chi connectivity index (χ0n) is 32.2. The molecule has 1 unspecified atom stereocenters. The van der Waals surface area contributed by atoms with E-state index in [-0.39, 0.29) is 65.3 Å². The highest BCUT2D eigenvalue weighted by molar-refractivity contribution is 6.23. The number of imide groups is 2. The molecule has 0 radical (unpaired) electrons. The molecule has 13 heteroatoms. The summed E-state index contributed by atoms with van der Waals surface area (Å²) >= 11 is 0. The van der Waals surface area contributed by atoms with Crippen molar-refractivity contribution in [1.82, 2.24) is 25.3 Å². The Kier molecular flexibility index (Phi) is 8.88. The number of aryl methyl sites for hydroxylation is 1. The van der Waals surface area contributed by atoms with Gasteiger partial charge in [0, 0.05) is 55.0 Å². The topological polar surface area (TPSA) is 169 Å². The van der Waals surface area contributed by atoms with Crippen molar-refractivity contribution in [1.29, 1.82) is 5.26 Å². The van der Waals surface area contributed by atoms with Gasteiger partial charge in [-0.25, -0.2) is 0 Å². The summed E-state index contributed by atoms with van der Waals surface area (Å²) in [5.74, 6) is -1.71. The highest BCUT2D eigenvalue weighted by Gasteiger charge is 2.64. The molecule has 288 valence electrons. The SMILES string of the molecule is Cc1cc(O[C@H]2C(C)(C)[C@H](NC(=O)c3ccc4c(c3)CCN(CC(=O)N3Cc5cc6c(cc5C3)C(=O)N(C3CCC(=O)NC3=O)C6=O)C4)C2(C)C)ccc1C#N. The molecule has 0 bridgehead atoms. The van der Waals surface area contributed by atoms with Crippen LogP contribution in [0.25, 0.3) is 0 Å². The number of nitriles is 1. The number of hydrogen-bond acceptors (Lipinski definition) is 9. The first-order valence-corrected chi connectivity index (χ1v) is 19.0. The quantitative estimate of drug-likeness (QED) is 0.341. The van der Waals surface area contributed by atoms with Gasteiger partial charge in [0.25, 0.3) is 17.7 Å². The van der Waals surface area contributed by atoms with Gasteiger partial charge >= 0.3 is 0 Å². The number of carbonyl (C=O) groups excluding carboxylic acids is 6. The standard InChI is InChI=1S/C43H44N6O7/c1-23-14-30(9-8-26(23)18-44)56-41-42(2,3)40(43(41,4)5)46-36(52)25-6-7-27-19-47(13-12-24(27)15-25)22-35(51)48-20-28-16-31-32(17-29(28)21-48)39(55)49(38(31)54)33-10-11-34(50)45-37(33)53/h6-9,14-17,33,40-41H,10-13,19-22H2,1-5H3,(H,46,52)(H,45,50,53)/t33?,40-,41-. The minimum Gasteiger partial charge on any atom is -0.489 e. The van der Waals surface area contributed by atoms with Gasteiger partial charge < -0.3 is 15.0 Å². The Morgan fingerprint density at radius 2 is 1.55 bits per heavy atom. The largest absolute Gasteiger partial charge is 0.489 e. The Hall–Kier alpha value is -5.87. The van der Waals surface area contributed by atoms with E-state index in [9.17, 15) is 34.0 Å².